The number of anilines is 1. The molecule has 1 fully saturated rings. The number of hydrogen-bond donors (Lipinski definition) is 0. The minimum atomic E-state index is 0.898. The van der Waals surface area contributed by atoms with Crippen LogP contribution < -0.4 is 4.90 Å². The molecule has 0 aliphatic carbocycles. The Morgan fingerprint density at radius 2 is 1.87 bits per heavy atom. The summed E-state index contributed by atoms with van der Waals surface area (Å²) in [5.41, 5.74) is 2.70. The number of aryl methyl sites for hydroxylation is 1. The lowest BCUT2D eigenvalue weighted by Gasteiger charge is -2.32. The van der Waals surface area contributed by atoms with Gasteiger partial charge in [-0.15, -0.1) is 0 Å². The maximum atomic E-state index is 3.56. The van der Waals surface area contributed by atoms with Gasteiger partial charge in [0.2, 0.25) is 0 Å². The van der Waals surface area contributed by atoms with Crippen molar-refractivity contribution in [3.63, 3.8) is 0 Å². The third-order valence-electron chi connectivity index (χ3n) is 3.18. The van der Waals surface area contributed by atoms with Gasteiger partial charge in [-0.05, 0) is 49.4 Å². The molecule has 82 valence electrons. The Morgan fingerprint density at radius 1 is 1.20 bits per heavy atom. The van der Waals surface area contributed by atoms with E-state index in [-0.39, 0.29) is 0 Å². The van der Waals surface area contributed by atoms with Crippen molar-refractivity contribution in [1.82, 2.24) is 0 Å². The summed E-state index contributed by atoms with van der Waals surface area (Å²) in [6, 6.07) is 6.67. The summed E-state index contributed by atoms with van der Waals surface area (Å²) in [5.74, 6) is 0.898. The van der Waals surface area contributed by atoms with E-state index in [9.17, 15) is 0 Å². The molecule has 0 spiro atoms. The Kier molecular flexibility index (Phi) is 3.35. The molecule has 0 saturated carbocycles. The summed E-state index contributed by atoms with van der Waals surface area (Å²) in [6.07, 6.45) is 2.65. The van der Waals surface area contributed by atoms with E-state index in [1.807, 2.05) is 0 Å². The first-order valence-corrected chi connectivity index (χ1v) is 6.46. The van der Waals surface area contributed by atoms with Gasteiger partial charge in [0.25, 0.3) is 0 Å². The van der Waals surface area contributed by atoms with Gasteiger partial charge in [0.1, 0.15) is 0 Å². The maximum Gasteiger partial charge on any atom is 0.0380 e. The molecule has 0 radical (unpaired) electrons. The predicted molar refractivity (Wildman–Crippen MR) is 69.5 cm³/mol. The molecule has 1 aliphatic rings. The van der Waals surface area contributed by atoms with Crippen molar-refractivity contribution in [2.24, 2.45) is 5.92 Å². The van der Waals surface area contributed by atoms with Crippen LogP contribution in [-0.2, 0) is 0 Å². The van der Waals surface area contributed by atoms with Gasteiger partial charge in [0.15, 0.2) is 0 Å². The lowest BCUT2D eigenvalue weighted by Crippen LogP contribution is -2.32. The molecule has 1 aromatic rings. The summed E-state index contributed by atoms with van der Waals surface area (Å²) < 4.78 is 1.19. The standard InChI is InChI=1S/C13H18BrN/c1-10-3-5-15(6-4-10)13-8-11(2)7-12(14)9-13/h7-10H,3-6H2,1-2H3. The van der Waals surface area contributed by atoms with Crippen LogP contribution in [0.15, 0.2) is 22.7 Å². The molecule has 1 aromatic carbocycles. The van der Waals surface area contributed by atoms with E-state index in [4.69, 9.17) is 0 Å². The Hall–Kier alpha value is -0.500. The second-order valence-corrected chi connectivity index (χ2v) is 5.57. The number of piperidine rings is 1. The molecule has 1 heterocycles. The van der Waals surface area contributed by atoms with Crippen molar-refractivity contribution in [2.75, 3.05) is 18.0 Å². The minimum Gasteiger partial charge on any atom is -0.371 e. The van der Waals surface area contributed by atoms with Crippen LogP contribution in [0.25, 0.3) is 0 Å². The Balaban J connectivity index is 2.15. The lowest BCUT2D eigenvalue weighted by atomic mass is 9.98. The van der Waals surface area contributed by atoms with Gasteiger partial charge in [-0.25, -0.2) is 0 Å². The maximum absolute atomic E-state index is 3.56. The lowest BCUT2D eigenvalue weighted by molar-refractivity contribution is 0.438. The van der Waals surface area contributed by atoms with E-state index in [1.165, 1.54) is 41.7 Å². The van der Waals surface area contributed by atoms with Crippen molar-refractivity contribution in [1.29, 1.82) is 0 Å². The zero-order valence-corrected chi connectivity index (χ0v) is 11.0. The van der Waals surface area contributed by atoms with Gasteiger partial charge in [-0.1, -0.05) is 22.9 Å². The zero-order chi connectivity index (χ0) is 10.8. The molecule has 1 saturated heterocycles. The number of nitrogens with zero attached hydrogens (tertiary/aromatic N) is 1. The van der Waals surface area contributed by atoms with Crippen molar-refractivity contribution in [3.05, 3.63) is 28.2 Å². The third-order valence-corrected chi connectivity index (χ3v) is 3.63. The molecule has 1 nitrogen and oxygen atoms in total. The van der Waals surface area contributed by atoms with Crippen molar-refractivity contribution in [2.45, 2.75) is 26.7 Å². The normalized spacial score (nSPS) is 18.2. The molecule has 0 aromatic heterocycles. The SMILES string of the molecule is Cc1cc(Br)cc(N2CCC(C)CC2)c1. The number of halogens is 1. The van der Waals surface area contributed by atoms with Gasteiger partial charge >= 0.3 is 0 Å². The van der Waals surface area contributed by atoms with E-state index < -0.39 is 0 Å². The van der Waals surface area contributed by atoms with Gasteiger partial charge < -0.3 is 4.90 Å². The molecule has 2 rings (SSSR count). The first-order chi connectivity index (χ1) is 7.15. The molecule has 0 unspecified atom stereocenters. The molecule has 0 bridgehead atoms. The summed E-state index contributed by atoms with van der Waals surface area (Å²) >= 11 is 3.56. The van der Waals surface area contributed by atoms with Crippen LogP contribution >= 0.6 is 15.9 Å². The Labute approximate surface area is 101 Å². The summed E-state index contributed by atoms with van der Waals surface area (Å²) in [7, 11) is 0. The van der Waals surface area contributed by atoms with E-state index in [0.29, 0.717) is 0 Å². The molecule has 15 heavy (non-hydrogen) atoms. The first kappa shape index (κ1) is 11.0. The minimum absolute atomic E-state index is 0.898. The highest BCUT2D eigenvalue weighted by Gasteiger charge is 2.16. The molecular weight excluding hydrogens is 250 g/mol. The van der Waals surface area contributed by atoms with Crippen LogP contribution in [0.1, 0.15) is 25.3 Å². The zero-order valence-electron chi connectivity index (χ0n) is 9.46. The molecule has 0 amide bonds. The second kappa shape index (κ2) is 4.56. The van der Waals surface area contributed by atoms with E-state index in [2.05, 4.69) is 52.9 Å². The van der Waals surface area contributed by atoms with Crippen LogP contribution in [0.4, 0.5) is 5.69 Å². The summed E-state index contributed by atoms with van der Waals surface area (Å²) in [6.45, 7) is 6.92. The van der Waals surface area contributed by atoms with Crippen LogP contribution in [0, 0.1) is 12.8 Å². The fraction of sp³-hybridized carbons (Fsp3) is 0.538. The topological polar surface area (TPSA) is 3.24 Å². The molecule has 1 aliphatic heterocycles. The second-order valence-electron chi connectivity index (χ2n) is 4.66. The van der Waals surface area contributed by atoms with E-state index in [1.54, 1.807) is 0 Å². The van der Waals surface area contributed by atoms with Gasteiger partial charge in [0, 0.05) is 23.2 Å². The number of hydrogen-bond acceptors (Lipinski definition) is 1. The molecular formula is C13H18BrN. The molecule has 2 heteroatoms. The van der Waals surface area contributed by atoms with E-state index >= 15 is 0 Å². The van der Waals surface area contributed by atoms with Crippen molar-refractivity contribution in [3.8, 4) is 0 Å². The summed E-state index contributed by atoms with van der Waals surface area (Å²) in [4.78, 5) is 2.50. The fourth-order valence-electron chi connectivity index (χ4n) is 2.17. The van der Waals surface area contributed by atoms with Crippen LogP contribution in [0.2, 0.25) is 0 Å². The first-order valence-electron chi connectivity index (χ1n) is 5.67. The predicted octanol–water partition coefficient (Wildman–Crippen LogP) is 3.99. The Morgan fingerprint density at radius 3 is 2.47 bits per heavy atom. The van der Waals surface area contributed by atoms with Crippen LogP contribution in [0.3, 0.4) is 0 Å². The average Bonchev–Trinajstić information content (AvgIpc) is 2.17. The van der Waals surface area contributed by atoms with E-state index in [0.717, 1.165) is 5.92 Å². The van der Waals surface area contributed by atoms with Gasteiger partial charge in [-0.2, -0.15) is 0 Å². The highest BCUT2D eigenvalue weighted by molar-refractivity contribution is 9.10. The molecule has 0 atom stereocenters. The Bertz CT molecular complexity index is 320. The monoisotopic (exact) mass is 267 g/mol. The highest BCUT2D eigenvalue weighted by atomic mass is 79.9. The van der Waals surface area contributed by atoms with Gasteiger partial charge in [0.05, 0.1) is 0 Å². The smallest absolute Gasteiger partial charge is 0.0380 e. The third kappa shape index (κ3) is 2.75. The van der Waals surface area contributed by atoms with Crippen LogP contribution in [0.5, 0.6) is 0 Å². The number of rotatable bonds is 1. The van der Waals surface area contributed by atoms with Crippen molar-refractivity contribution >= 4 is 21.6 Å². The quantitative estimate of drug-likeness (QED) is 0.744. The molecule has 0 N–H and O–H groups in total. The fourth-order valence-corrected chi connectivity index (χ4v) is 2.76. The average molecular weight is 268 g/mol. The van der Waals surface area contributed by atoms with Gasteiger partial charge in [-0.3, -0.25) is 0 Å². The van der Waals surface area contributed by atoms with Crippen molar-refractivity contribution < 1.29 is 0 Å². The number of benzene rings is 1. The summed E-state index contributed by atoms with van der Waals surface area (Å²) in [5, 5.41) is 0. The largest absolute Gasteiger partial charge is 0.371 e. The highest BCUT2D eigenvalue weighted by Crippen LogP contribution is 2.26. The van der Waals surface area contributed by atoms with Crippen LogP contribution in [-0.4, -0.2) is 13.1 Å².